The lowest BCUT2D eigenvalue weighted by Gasteiger charge is -2.28. The normalized spacial score (nSPS) is 14.1. The number of pyridine rings is 1. The second kappa shape index (κ2) is 4.09. The third-order valence-electron chi connectivity index (χ3n) is 2.23. The van der Waals surface area contributed by atoms with Crippen molar-refractivity contribution >= 4 is 0 Å². The van der Waals surface area contributed by atoms with Gasteiger partial charge in [0.25, 0.3) is 0 Å². The van der Waals surface area contributed by atoms with Gasteiger partial charge in [-0.05, 0) is 24.0 Å². The van der Waals surface area contributed by atoms with Crippen LogP contribution in [0.4, 0.5) is 0 Å². The van der Waals surface area contributed by atoms with Gasteiger partial charge in [0, 0.05) is 13.3 Å². The highest BCUT2D eigenvalue weighted by Crippen LogP contribution is 2.34. The zero-order valence-corrected chi connectivity index (χ0v) is 9.66. The quantitative estimate of drug-likeness (QED) is 0.720. The molecule has 1 rings (SSSR count). The van der Waals surface area contributed by atoms with Gasteiger partial charge >= 0.3 is 0 Å². The van der Waals surface area contributed by atoms with Gasteiger partial charge in [-0.1, -0.05) is 26.8 Å². The molecule has 0 spiro atoms. The Morgan fingerprint density at radius 3 is 2.29 bits per heavy atom. The van der Waals surface area contributed by atoms with Gasteiger partial charge in [-0.3, -0.25) is 4.98 Å². The number of aryl methyl sites for hydroxylation is 1. The molecule has 1 aromatic rings. The third-order valence-corrected chi connectivity index (χ3v) is 2.23. The molecule has 0 fully saturated rings. The molecule has 0 saturated heterocycles. The van der Waals surface area contributed by atoms with E-state index in [0.717, 1.165) is 5.69 Å². The van der Waals surface area contributed by atoms with Gasteiger partial charge in [0.15, 0.2) is 0 Å². The predicted octanol–water partition coefficient (Wildman–Crippen LogP) is 3.12. The molecule has 1 unspecified atom stereocenters. The second-order valence-corrected chi connectivity index (χ2v) is 4.74. The zero-order chi connectivity index (χ0) is 10.8. The number of rotatable bonds is 2. The van der Waals surface area contributed by atoms with Crippen LogP contribution in [0.1, 0.15) is 38.1 Å². The van der Waals surface area contributed by atoms with Crippen molar-refractivity contribution in [3.05, 3.63) is 29.6 Å². The van der Waals surface area contributed by atoms with Crippen LogP contribution in [0.3, 0.4) is 0 Å². The molecule has 14 heavy (non-hydrogen) atoms. The first kappa shape index (κ1) is 11.2. The molecule has 0 bridgehead atoms. The van der Waals surface area contributed by atoms with E-state index in [9.17, 15) is 0 Å². The Morgan fingerprint density at radius 1 is 1.29 bits per heavy atom. The minimum atomic E-state index is 0.0584. The molecule has 0 aliphatic carbocycles. The molecule has 0 aromatic carbocycles. The lowest BCUT2D eigenvalue weighted by Crippen LogP contribution is -2.21. The summed E-state index contributed by atoms with van der Waals surface area (Å²) >= 11 is 0. The number of ether oxygens (including phenoxy) is 1. The highest BCUT2D eigenvalue weighted by molar-refractivity contribution is 5.15. The first-order valence-electron chi connectivity index (χ1n) is 4.90. The summed E-state index contributed by atoms with van der Waals surface area (Å²) in [5.74, 6) is 0. The van der Waals surface area contributed by atoms with Crippen LogP contribution in [0, 0.1) is 12.3 Å². The van der Waals surface area contributed by atoms with E-state index in [-0.39, 0.29) is 11.5 Å². The fourth-order valence-corrected chi connectivity index (χ4v) is 1.55. The number of nitrogens with zero attached hydrogens (tertiary/aromatic N) is 1. The van der Waals surface area contributed by atoms with E-state index >= 15 is 0 Å². The zero-order valence-electron chi connectivity index (χ0n) is 9.66. The van der Waals surface area contributed by atoms with Crippen molar-refractivity contribution < 1.29 is 4.74 Å². The summed E-state index contributed by atoms with van der Waals surface area (Å²) in [7, 11) is 1.73. The van der Waals surface area contributed by atoms with Gasteiger partial charge in [-0.15, -0.1) is 0 Å². The lowest BCUT2D eigenvalue weighted by molar-refractivity contribution is 0.0120. The van der Waals surface area contributed by atoms with Crippen LogP contribution < -0.4 is 0 Å². The molecule has 78 valence electrons. The molecule has 1 atom stereocenters. The minimum absolute atomic E-state index is 0.0584. The maximum Gasteiger partial charge on any atom is 0.104 e. The van der Waals surface area contributed by atoms with E-state index in [1.165, 1.54) is 5.56 Å². The van der Waals surface area contributed by atoms with Gasteiger partial charge in [-0.2, -0.15) is 0 Å². The van der Waals surface area contributed by atoms with Crippen LogP contribution in [-0.2, 0) is 4.74 Å². The van der Waals surface area contributed by atoms with E-state index in [1.807, 2.05) is 19.2 Å². The topological polar surface area (TPSA) is 22.1 Å². The molecular weight excluding hydrogens is 174 g/mol. The van der Waals surface area contributed by atoms with Crippen molar-refractivity contribution in [2.24, 2.45) is 5.41 Å². The van der Waals surface area contributed by atoms with E-state index in [0.29, 0.717) is 0 Å². The van der Waals surface area contributed by atoms with E-state index in [2.05, 4.69) is 31.8 Å². The van der Waals surface area contributed by atoms with Crippen LogP contribution in [0.5, 0.6) is 0 Å². The second-order valence-electron chi connectivity index (χ2n) is 4.74. The summed E-state index contributed by atoms with van der Waals surface area (Å²) in [6.45, 7) is 8.50. The molecule has 1 heterocycles. The summed E-state index contributed by atoms with van der Waals surface area (Å²) in [6, 6.07) is 4.11. The lowest BCUT2D eigenvalue weighted by atomic mass is 9.87. The van der Waals surface area contributed by atoms with Gasteiger partial charge in [0.05, 0.1) is 5.69 Å². The van der Waals surface area contributed by atoms with Crippen molar-refractivity contribution in [1.29, 1.82) is 0 Å². The van der Waals surface area contributed by atoms with Crippen molar-refractivity contribution in [2.45, 2.75) is 33.8 Å². The van der Waals surface area contributed by atoms with Crippen molar-refractivity contribution in [2.75, 3.05) is 7.11 Å². The molecular formula is C12H19NO. The van der Waals surface area contributed by atoms with Crippen LogP contribution in [0.2, 0.25) is 0 Å². The average molecular weight is 193 g/mol. The highest BCUT2D eigenvalue weighted by Gasteiger charge is 2.26. The van der Waals surface area contributed by atoms with E-state index in [4.69, 9.17) is 4.74 Å². The van der Waals surface area contributed by atoms with Crippen LogP contribution in [0.15, 0.2) is 18.3 Å². The molecule has 0 saturated carbocycles. The first-order valence-corrected chi connectivity index (χ1v) is 4.90. The molecule has 1 aromatic heterocycles. The highest BCUT2D eigenvalue weighted by atomic mass is 16.5. The summed E-state index contributed by atoms with van der Waals surface area (Å²) in [6.07, 6.45) is 1.94. The van der Waals surface area contributed by atoms with Crippen LogP contribution in [0.25, 0.3) is 0 Å². The fraction of sp³-hybridized carbons (Fsp3) is 0.583. The predicted molar refractivity (Wildman–Crippen MR) is 58.2 cm³/mol. The molecule has 0 aliphatic heterocycles. The minimum Gasteiger partial charge on any atom is -0.375 e. The third kappa shape index (κ3) is 2.55. The van der Waals surface area contributed by atoms with Gasteiger partial charge in [-0.25, -0.2) is 0 Å². The van der Waals surface area contributed by atoms with E-state index < -0.39 is 0 Å². The number of hydrogen-bond donors (Lipinski definition) is 0. The van der Waals surface area contributed by atoms with Gasteiger partial charge < -0.3 is 4.74 Å². The van der Waals surface area contributed by atoms with Crippen LogP contribution in [-0.4, -0.2) is 12.1 Å². The Hall–Kier alpha value is -0.890. The molecule has 2 heteroatoms. The Bertz CT molecular complexity index is 284. The SMILES string of the molecule is COC(c1ccc(C)cn1)C(C)(C)C. The summed E-state index contributed by atoms with van der Waals surface area (Å²) < 4.78 is 5.48. The number of aromatic nitrogens is 1. The smallest absolute Gasteiger partial charge is 0.104 e. The molecule has 0 N–H and O–H groups in total. The Labute approximate surface area is 86.3 Å². The molecule has 0 radical (unpaired) electrons. The Kier molecular flexibility index (Phi) is 3.27. The summed E-state index contributed by atoms with van der Waals surface area (Å²) in [5.41, 5.74) is 2.26. The van der Waals surface area contributed by atoms with Crippen molar-refractivity contribution in [1.82, 2.24) is 4.98 Å². The van der Waals surface area contributed by atoms with E-state index in [1.54, 1.807) is 7.11 Å². The maximum absolute atomic E-state index is 5.48. The monoisotopic (exact) mass is 193 g/mol. The molecule has 0 amide bonds. The Balaban J connectivity index is 2.96. The fourth-order valence-electron chi connectivity index (χ4n) is 1.55. The van der Waals surface area contributed by atoms with Crippen LogP contribution >= 0.6 is 0 Å². The molecule has 0 aliphatic rings. The first-order chi connectivity index (χ1) is 6.45. The number of hydrogen-bond acceptors (Lipinski definition) is 2. The van der Waals surface area contributed by atoms with Crippen molar-refractivity contribution in [3.8, 4) is 0 Å². The maximum atomic E-state index is 5.48. The largest absolute Gasteiger partial charge is 0.375 e. The van der Waals surface area contributed by atoms with Gasteiger partial charge in [0.1, 0.15) is 6.10 Å². The molecule has 2 nitrogen and oxygen atoms in total. The van der Waals surface area contributed by atoms with Crippen molar-refractivity contribution in [3.63, 3.8) is 0 Å². The van der Waals surface area contributed by atoms with Gasteiger partial charge in [0.2, 0.25) is 0 Å². The number of methoxy groups -OCH3 is 1. The average Bonchev–Trinajstić information content (AvgIpc) is 2.07. The summed E-state index contributed by atoms with van der Waals surface area (Å²) in [4.78, 5) is 4.39. The summed E-state index contributed by atoms with van der Waals surface area (Å²) in [5, 5.41) is 0. The Morgan fingerprint density at radius 2 is 1.93 bits per heavy atom. The standard InChI is InChI=1S/C12H19NO/c1-9-6-7-10(13-8-9)11(14-5)12(2,3)4/h6-8,11H,1-5H3.